The van der Waals surface area contributed by atoms with Crippen LogP contribution in [0.1, 0.15) is 136 Å². The van der Waals surface area contributed by atoms with Crippen molar-refractivity contribution in [2.75, 3.05) is 20.2 Å². The topological polar surface area (TPSA) is 496 Å². The monoisotopic (exact) mass is 1450 g/mol. The molecule has 6 aliphatic heterocycles. The molecule has 0 spiro atoms. The van der Waals surface area contributed by atoms with Gasteiger partial charge in [-0.05, 0) is 134 Å². The Morgan fingerprint density at radius 3 is 2.00 bits per heavy atom. The summed E-state index contributed by atoms with van der Waals surface area (Å²) < 4.78 is 31.0. The molecule has 5 aromatic carbocycles. The lowest BCUT2D eigenvalue weighted by molar-refractivity contribution is -0.277. The molecular weight excluding hydrogens is 1370 g/mol. The summed E-state index contributed by atoms with van der Waals surface area (Å²) in [5, 5.41) is 116. The summed E-state index contributed by atoms with van der Waals surface area (Å²) in [6.45, 7) is 6.48. The summed E-state index contributed by atoms with van der Waals surface area (Å²) in [6, 6.07) is 1.19. The molecule has 103 heavy (non-hydrogen) atoms. The van der Waals surface area contributed by atoms with Gasteiger partial charge < -0.3 is 118 Å². The zero-order valence-electron chi connectivity index (χ0n) is 56.6. The molecule has 19 N–H and O–H groups in total. The molecule has 9 amide bonds. The third-order valence-corrected chi connectivity index (χ3v) is 18.4. The number of fused-ring (bicyclic) bond motifs is 15. The maximum absolute atomic E-state index is 16.1. The van der Waals surface area contributed by atoms with Gasteiger partial charge in [-0.25, -0.2) is 4.79 Å². The molecule has 0 aromatic heterocycles. The summed E-state index contributed by atoms with van der Waals surface area (Å²) in [5.74, 6) is -13.5. The van der Waals surface area contributed by atoms with Crippen LogP contribution in [0.25, 0.3) is 11.1 Å². The van der Waals surface area contributed by atoms with Crippen LogP contribution in [0.15, 0.2) is 78.9 Å². The average molecular weight is 1450 g/mol. The minimum atomic E-state index is -2.28. The number of aliphatic hydroxyl groups excluding tert-OH is 6. The van der Waals surface area contributed by atoms with Gasteiger partial charge in [-0.3, -0.25) is 38.4 Å². The number of hydrogen-bond acceptors (Lipinski definition) is 23. The quantitative estimate of drug-likeness (QED) is 0.0555. The number of ether oxygens (including phenoxy) is 5. The number of benzene rings is 5. The minimum absolute atomic E-state index is 0.0138. The predicted molar refractivity (Wildman–Crippen MR) is 363 cm³/mol. The van der Waals surface area contributed by atoms with E-state index in [4.69, 9.17) is 41.0 Å². The Morgan fingerprint density at radius 1 is 0.689 bits per heavy atom. The molecule has 32 nitrogen and oxygen atoms in total. The number of hydrogen-bond donors (Lipinski definition) is 18. The number of unbranched alkanes of at least 4 members (excludes halogenated alkanes) is 3. The van der Waals surface area contributed by atoms with E-state index in [2.05, 4.69) is 47.9 Å². The van der Waals surface area contributed by atoms with Crippen LogP contribution < -0.4 is 72.5 Å². The summed E-state index contributed by atoms with van der Waals surface area (Å²) >= 11 is 7.08. The lowest BCUT2D eigenvalue weighted by Crippen LogP contribution is -2.60. The van der Waals surface area contributed by atoms with Crippen LogP contribution in [0, 0.1) is 12.8 Å². The summed E-state index contributed by atoms with van der Waals surface area (Å²) in [5.41, 5.74) is 3.97. The zero-order chi connectivity index (χ0) is 74.4. The molecule has 14 atom stereocenters. The SMILES string of the molecule is CCCCCCNC(=O)Oc1cc(O)c2c(c1)[C@@H](C(=O)NC1CC1)NC(=O)[C@H]1NC(=O)[C@H](NC(=O)[C@@H]3NC(=O)[C@H](CC(N)=O)NC(=O)[C@H](NC(=O)[C@@H](CC(C)C)NC)[C@H](O)c4ccc(c(C)c4)Oc4cc3cc(c4O[C@@H]3O[C@H](CO)[C@@H](O)[C@H](O)[C@H]3O)Oc3ccc(cc3Cl)[C@H]1O)c1ccc(O)c-2c1. The number of rotatable bonds is 18. The molecule has 1 aliphatic carbocycles. The van der Waals surface area contributed by atoms with E-state index in [0.717, 1.165) is 67.8 Å². The van der Waals surface area contributed by atoms with Gasteiger partial charge in [0.25, 0.3) is 0 Å². The van der Waals surface area contributed by atoms with Gasteiger partial charge in [-0.15, -0.1) is 0 Å². The first-order valence-electron chi connectivity index (χ1n) is 33.6. The highest BCUT2D eigenvalue weighted by Crippen LogP contribution is 2.49. The molecule has 11 bridgehead atoms. The smallest absolute Gasteiger partial charge is 0.412 e. The van der Waals surface area contributed by atoms with Gasteiger partial charge in [0.1, 0.15) is 102 Å². The van der Waals surface area contributed by atoms with Crippen molar-refractivity contribution in [2.45, 2.75) is 170 Å². The number of likely N-dealkylation sites (N-methyl/N-ethyl adjacent to an activating group) is 1. The second-order valence-electron chi connectivity index (χ2n) is 26.3. The second kappa shape index (κ2) is 32.6. The summed E-state index contributed by atoms with van der Waals surface area (Å²) in [6.07, 6.45) is -11.3. The van der Waals surface area contributed by atoms with Crippen molar-refractivity contribution in [3.8, 4) is 57.1 Å². The first kappa shape index (κ1) is 75.8. The van der Waals surface area contributed by atoms with E-state index in [1.165, 1.54) is 44.3 Å². The second-order valence-corrected chi connectivity index (χ2v) is 26.7. The summed E-state index contributed by atoms with van der Waals surface area (Å²) in [4.78, 5) is 133. The zero-order valence-corrected chi connectivity index (χ0v) is 57.3. The van der Waals surface area contributed by atoms with Crippen LogP contribution in [0.3, 0.4) is 0 Å². The number of phenolic OH excluding ortho intramolecular Hbond substituents is 2. The number of aromatic hydroxyl groups is 2. The fraction of sp³-hybridized carbons (Fsp3) is 0.443. The Balaban J connectivity index is 1.20. The van der Waals surface area contributed by atoms with Crippen molar-refractivity contribution in [3.05, 3.63) is 117 Å². The van der Waals surface area contributed by atoms with E-state index in [0.29, 0.717) is 19.3 Å². The molecule has 12 rings (SSSR count). The van der Waals surface area contributed by atoms with E-state index >= 15 is 19.2 Å². The van der Waals surface area contributed by atoms with Crippen LogP contribution in [0.4, 0.5) is 4.79 Å². The number of primary amides is 1. The highest BCUT2D eigenvalue weighted by molar-refractivity contribution is 6.32. The van der Waals surface area contributed by atoms with Gasteiger partial charge in [0.2, 0.25) is 59.3 Å². The largest absolute Gasteiger partial charge is 0.507 e. The molecule has 2 fully saturated rings. The number of aryl methyl sites for hydroxylation is 1. The van der Waals surface area contributed by atoms with Crippen molar-refractivity contribution >= 4 is 65.0 Å². The number of amides is 9. The highest BCUT2D eigenvalue weighted by atomic mass is 35.5. The van der Waals surface area contributed by atoms with Crippen LogP contribution in [0.2, 0.25) is 5.02 Å². The van der Waals surface area contributed by atoms with Gasteiger partial charge in [-0.2, -0.15) is 0 Å². The molecule has 552 valence electrons. The third kappa shape index (κ3) is 17.4. The normalized spacial score (nSPS) is 25.2. The first-order valence-corrected chi connectivity index (χ1v) is 33.9. The van der Waals surface area contributed by atoms with E-state index in [9.17, 15) is 64.8 Å². The van der Waals surface area contributed by atoms with Crippen molar-refractivity contribution in [3.63, 3.8) is 0 Å². The molecule has 0 radical (unpaired) electrons. The van der Waals surface area contributed by atoms with Crippen LogP contribution in [-0.2, 0) is 43.1 Å². The molecule has 1 saturated heterocycles. The molecule has 7 aliphatic rings. The minimum Gasteiger partial charge on any atom is -0.507 e. The lowest BCUT2D eigenvalue weighted by Gasteiger charge is -2.39. The number of aliphatic hydroxyl groups is 6. The maximum Gasteiger partial charge on any atom is 0.412 e. The van der Waals surface area contributed by atoms with Gasteiger partial charge in [0.05, 0.1) is 24.1 Å². The van der Waals surface area contributed by atoms with E-state index in [1.54, 1.807) is 0 Å². The van der Waals surface area contributed by atoms with Gasteiger partial charge in [0, 0.05) is 29.8 Å². The van der Waals surface area contributed by atoms with Gasteiger partial charge >= 0.3 is 6.09 Å². The first-order chi connectivity index (χ1) is 49.0. The number of phenols is 2. The number of nitrogens with one attached hydrogen (secondary N) is 9. The van der Waals surface area contributed by atoms with Gasteiger partial charge in [-0.1, -0.05) is 69.8 Å². The molecule has 0 unspecified atom stereocenters. The Labute approximate surface area is 594 Å². The molecule has 6 heterocycles. The standard InChI is InChI=1S/C70H83ClN10O22/c1-6-7-8-9-18-74-70(98)99-36-25-38-50(43(84)26-36)37-21-31(10-15-42(37)83)51-64(93)81-55(68(97)79-53(38)66(95)75-35-13-14-35)57(87)33-12-17-45(39(71)22-33)101-47-24-34-23-46(61(47)103-69-60(90)59(89)58(88)48(28-82)102-69)100-44-16-11-32(20-30(44)4)56(86)54(80-62(91)40(73-5)19-29(2)3)67(96)76-41(27-49(72)85)63(92)77-52(34)65(94)78-51/h10-12,15-17,20-26,29,35,40-41,48,51-60,69,73,82-84,86-90H,6-9,13-14,18-19,27-28H2,1-5H3,(H2,72,85)(H,74,98)(H,75,95)(H,76,96)(H,77,92)(H,78,94)(H,79,97)(H,80,91)(H,81,93)/t40-,41+,48-,51-,52-,53+,54-,55+,56-,57-,58-,59+,60-,69+/m1/s1. The fourth-order valence-corrected chi connectivity index (χ4v) is 12.6. The predicted octanol–water partition coefficient (Wildman–Crippen LogP) is 1.68. The maximum atomic E-state index is 16.1. The molecule has 5 aromatic rings. The molecule has 33 heteroatoms. The van der Waals surface area contributed by atoms with Crippen LogP contribution >= 0.6 is 11.6 Å². The fourth-order valence-electron chi connectivity index (χ4n) is 12.4. The molecular formula is C70H83ClN10O22. The lowest BCUT2D eigenvalue weighted by atomic mass is 9.89. The molecule has 1 saturated carbocycles. The number of carbonyl (C=O) groups is 9. The Hall–Kier alpha value is -9.90. The van der Waals surface area contributed by atoms with Crippen molar-refractivity contribution in [1.29, 1.82) is 0 Å². The van der Waals surface area contributed by atoms with E-state index in [-0.39, 0.29) is 80.1 Å². The highest BCUT2D eigenvalue weighted by Gasteiger charge is 2.47. The number of nitrogens with two attached hydrogens (primary N) is 1. The van der Waals surface area contributed by atoms with E-state index < -0.39 is 192 Å². The van der Waals surface area contributed by atoms with Crippen LogP contribution in [0.5, 0.6) is 46.0 Å². The summed E-state index contributed by atoms with van der Waals surface area (Å²) in [7, 11) is 1.50. The van der Waals surface area contributed by atoms with Crippen molar-refractivity contribution in [1.82, 2.24) is 47.9 Å². The van der Waals surface area contributed by atoms with Gasteiger partial charge in [0.15, 0.2) is 11.5 Å². The number of halogens is 1. The third-order valence-electron chi connectivity index (χ3n) is 18.1. The van der Waals surface area contributed by atoms with Crippen molar-refractivity contribution < 1.29 is 108 Å². The Morgan fingerprint density at radius 2 is 1.35 bits per heavy atom. The Bertz CT molecular complexity index is 4080. The van der Waals surface area contributed by atoms with Crippen LogP contribution in [-0.4, -0.2) is 175 Å². The van der Waals surface area contributed by atoms with E-state index in [1.807, 2.05) is 20.8 Å². The Kier molecular flexibility index (Phi) is 24.0. The van der Waals surface area contributed by atoms with Crippen molar-refractivity contribution in [2.24, 2.45) is 11.7 Å². The average Bonchev–Trinajstić information content (AvgIpc) is 1.63. The number of carbonyl (C=O) groups excluding carboxylic acids is 9.